The summed E-state index contributed by atoms with van der Waals surface area (Å²) in [7, 11) is 0. The van der Waals surface area contributed by atoms with Crippen LogP contribution in [0.25, 0.3) is 0 Å². The summed E-state index contributed by atoms with van der Waals surface area (Å²) in [5, 5.41) is 3.80. The number of nitrogen functional groups attached to an aromatic ring is 1. The summed E-state index contributed by atoms with van der Waals surface area (Å²) < 4.78 is 0. The van der Waals surface area contributed by atoms with Gasteiger partial charge in [-0.1, -0.05) is 11.6 Å². The van der Waals surface area contributed by atoms with Gasteiger partial charge in [0.15, 0.2) is 11.6 Å². The molecule has 0 bridgehead atoms. The first-order valence-electron chi connectivity index (χ1n) is 5.19. The number of anilines is 3. The lowest BCUT2D eigenvalue weighted by molar-refractivity contribution is 1.06. The average Bonchev–Trinajstić information content (AvgIpc) is 2.29. The maximum atomic E-state index is 5.81. The van der Waals surface area contributed by atoms with E-state index >= 15 is 0 Å². The summed E-state index contributed by atoms with van der Waals surface area (Å²) in [4.78, 5) is 8.57. The van der Waals surface area contributed by atoms with Gasteiger partial charge in [0, 0.05) is 10.7 Å². The predicted molar refractivity (Wildman–Crippen MR) is 70.7 cm³/mol. The molecule has 1 aromatic heterocycles. The minimum atomic E-state index is 0.392. The predicted octanol–water partition coefficient (Wildman–Crippen LogP) is 3.07. The molecule has 0 spiro atoms. The molecule has 0 unspecified atom stereocenters. The molecule has 0 aliphatic heterocycles. The Balaban J connectivity index is 2.30. The lowest BCUT2D eigenvalue weighted by Gasteiger charge is -2.09. The number of halogens is 1. The zero-order valence-corrected chi connectivity index (χ0v) is 10.4. The highest BCUT2D eigenvalue weighted by molar-refractivity contribution is 6.30. The third-order valence-corrected chi connectivity index (χ3v) is 2.69. The first-order chi connectivity index (χ1) is 8.06. The van der Waals surface area contributed by atoms with Crippen molar-refractivity contribution >= 4 is 28.9 Å². The number of hydrogen-bond acceptors (Lipinski definition) is 4. The van der Waals surface area contributed by atoms with Gasteiger partial charge in [-0.15, -0.1) is 0 Å². The van der Waals surface area contributed by atoms with Crippen molar-refractivity contribution in [3.63, 3.8) is 0 Å². The highest BCUT2D eigenvalue weighted by atomic mass is 35.5. The SMILES string of the molecule is Cc1nc(N)c(Nc2ccc(Cl)cc2)nc1C. The fraction of sp³-hybridized carbons (Fsp3) is 0.167. The van der Waals surface area contributed by atoms with Gasteiger partial charge in [-0.2, -0.15) is 0 Å². The van der Waals surface area contributed by atoms with Gasteiger partial charge in [0.05, 0.1) is 11.4 Å². The molecule has 0 atom stereocenters. The number of hydrogen-bond donors (Lipinski definition) is 2. The van der Waals surface area contributed by atoms with E-state index < -0.39 is 0 Å². The molecule has 88 valence electrons. The van der Waals surface area contributed by atoms with Crippen LogP contribution in [0.3, 0.4) is 0 Å². The van der Waals surface area contributed by atoms with E-state index in [-0.39, 0.29) is 0 Å². The second-order valence-electron chi connectivity index (χ2n) is 3.76. The Kier molecular flexibility index (Phi) is 3.15. The van der Waals surface area contributed by atoms with Gasteiger partial charge in [0.1, 0.15) is 0 Å². The van der Waals surface area contributed by atoms with Crippen molar-refractivity contribution in [3.8, 4) is 0 Å². The summed E-state index contributed by atoms with van der Waals surface area (Å²) >= 11 is 5.81. The molecular formula is C12H13ClN4. The van der Waals surface area contributed by atoms with Crippen LogP contribution in [0.15, 0.2) is 24.3 Å². The normalized spacial score (nSPS) is 10.3. The van der Waals surface area contributed by atoms with E-state index in [1.165, 1.54) is 0 Å². The zero-order chi connectivity index (χ0) is 12.4. The maximum absolute atomic E-state index is 5.81. The first-order valence-corrected chi connectivity index (χ1v) is 5.57. The van der Waals surface area contributed by atoms with Crippen molar-refractivity contribution in [2.45, 2.75) is 13.8 Å². The van der Waals surface area contributed by atoms with Crippen LogP contribution in [0, 0.1) is 13.8 Å². The molecule has 1 aromatic carbocycles. The molecule has 4 nitrogen and oxygen atoms in total. The Morgan fingerprint density at radius 1 is 1.06 bits per heavy atom. The second kappa shape index (κ2) is 4.59. The lowest BCUT2D eigenvalue weighted by Crippen LogP contribution is -2.05. The van der Waals surface area contributed by atoms with Crippen molar-refractivity contribution in [1.29, 1.82) is 0 Å². The molecule has 2 rings (SSSR count). The van der Waals surface area contributed by atoms with Gasteiger partial charge < -0.3 is 11.1 Å². The number of nitrogens with two attached hydrogens (primary N) is 1. The summed E-state index contributed by atoms with van der Waals surface area (Å²) in [6.45, 7) is 3.78. The van der Waals surface area contributed by atoms with Crippen LogP contribution in [0.4, 0.5) is 17.3 Å². The van der Waals surface area contributed by atoms with Crippen LogP contribution in [0.5, 0.6) is 0 Å². The van der Waals surface area contributed by atoms with E-state index in [1.807, 2.05) is 26.0 Å². The van der Waals surface area contributed by atoms with Gasteiger partial charge in [0.25, 0.3) is 0 Å². The third kappa shape index (κ3) is 2.65. The summed E-state index contributed by atoms with van der Waals surface area (Å²) in [5.41, 5.74) is 8.37. The van der Waals surface area contributed by atoms with Crippen molar-refractivity contribution in [3.05, 3.63) is 40.7 Å². The summed E-state index contributed by atoms with van der Waals surface area (Å²) in [6, 6.07) is 7.32. The number of rotatable bonds is 2. The minimum absolute atomic E-state index is 0.392. The van der Waals surface area contributed by atoms with Crippen LogP contribution in [-0.2, 0) is 0 Å². The van der Waals surface area contributed by atoms with Crippen molar-refractivity contribution in [2.75, 3.05) is 11.1 Å². The van der Waals surface area contributed by atoms with Crippen LogP contribution < -0.4 is 11.1 Å². The maximum Gasteiger partial charge on any atom is 0.173 e. The van der Waals surface area contributed by atoms with Crippen molar-refractivity contribution in [2.24, 2.45) is 0 Å². The van der Waals surface area contributed by atoms with Gasteiger partial charge in [-0.05, 0) is 38.1 Å². The van der Waals surface area contributed by atoms with E-state index in [0.29, 0.717) is 16.7 Å². The van der Waals surface area contributed by atoms with E-state index in [9.17, 15) is 0 Å². The number of nitrogens with zero attached hydrogens (tertiary/aromatic N) is 2. The fourth-order valence-corrected chi connectivity index (χ4v) is 1.51. The zero-order valence-electron chi connectivity index (χ0n) is 9.66. The van der Waals surface area contributed by atoms with Gasteiger partial charge >= 0.3 is 0 Å². The second-order valence-corrected chi connectivity index (χ2v) is 4.20. The molecule has 0 radical (unpaired) electrons. The first kappa shape index (κ1) is 11.7. The molecule has 0 aliphatic carbocycles. The van der Waals surface area contributed by atoms with Gasteiger partial charge in [-0.3, -0.25) is 0 Å². The third-order valence-electron chi connectivity index (χ3n) is 2.44. The molecule has 0 aliphatic rings. The Morgan fingerprint density at radius 2 is 1.65 bits per heavy atom. The number of benzene rings is 1. The molecular weight excluding hydrogens is 236 g/mol. The average molecular weight is 249 g/mol. The quantitative estimate of drug-likeness (QED) is 0.857. The van der Waals surface area contributed by atoms with Crippen molar-refractivity contribution < 1.29 is 0 Å². The van der Waals surface area contributed by atoms with Crippen LogP contribution >= 0.6 is 11.6 Å². The van der Waals surface area contributed by atoms with E-state index in [0.717, 1.165) is 17.1 Å². The topological polar surface area (TPSA) is 63.8 Å². The Labute approximate surface area is 105 Å². The monoisotopic (exact) mass is 248 g/mol. The summed E-state index contributed by atoms with van der Waals surface area (Å²) in [5.74, 6) is 0.957. The standard InChI is InChI=1S/C12H13ClN4/c1-7-8(2)16-12(11(14)15-7)17-10-5-3-9(13)4-6-10/h3-6H,1-2H3,(H2,14,15)(H,16,17). The minimum Gasteiger partial charge on any atom is -0.381 e. The van der Waals surface area contributed by atoms with Crippen LogP contribution in [-0.4, -0.2) is 9.97 Å². The summed E-state index contributed by atoms with van der Waals surface area (Å²) in [6.07, 6.45) is 0. The Hall–Kier alpha value is -1.81. The van der Waals surface area contributed by atoms with Crippen LogP contribution in [0.1, 0.15) is 11.4 Å². The molecule has 0 fully saturated rings. The highest BCUT2D eigenvalue weighted by Gasteiger charge is 2.06. The molecule has 2 aromatic rings. The Morgan fingerprint density at radius 3 is 2.29 bits per heavy atom. The molecule has 0 saturated carbocycles. The van der Waals surface area contributed by atoms with Gasteiger partial charge in [0.2, 0.25) is 0 Å². The fourth-order valence-electron chi connectivity index (χ4n) is 1.38. The largest absolute Gasteiger partial charge is 0.381 e. The highest BCUT2D eigenvalue weighted by Crippen LogP contribution is 2.21. The molecule has 17 heavy (non-hydrogen) atoms. The smallest absolute Gasteiger partial charge is 0.173 e. The molecule has 1 heterocycles. The molecule has 0 amide bonds. The lowest BCUT2D eigenvalue weighted by atomic mass is 10.3. The van der Waals surface area contributed by atoms with Crippen molar-refractivity contribution in [1.82, 2.24) is 9.97 Å². The van der Waals surface area contributed by atoms with E-state index in [4.69, 9.17) is 17.3 Å². The van der Waals surface area contributed by atoms with Gasteiger partial charge in [-0.25, -0.2) is 9.97 Å². The number of aromatic nitrogens is 2. The number of nitrogens with one attached hydrogen (secondary N) is 1. The van der Waals surface area contributed by atoms with Crippen LogP contribution in [0.2, 0.25) is 5.02 Å². The molecule has 0 saturated heterocycles. The van der Waals surface area contributed by atoms with E-state index in [1.54, 1.807) is 12.1 Å². The molecule has 3 N–H and O–H groups in total. The number of aryl methyl sites for hydroxylation is 2. The Bertz CT molecular complexity index is 537. The van der Waals surface area contributed by atoms with E-state index in [2.05, 4.69) is 15.3 Å². The molecule has 5 heteroatoms.